The van der Waals surface area contributed by atoms with E-state index in [2.05, 4.69) is 24.1 Å². The molecule has 0 radical (unpaired) electrons. The highest BCUT2D eigenvalue weighted by Gasteiger charge is 2.26. The number of aryl methyl sites for hydroxylation is 1. The van der Waals surface area contributed by atoms with Gasteiger partial charge in [0.05, 0.1) is 5.69 Å². The quantitative estimate of drug-likeness (QED) is 0.877. The Morgan fingerprint density at radius 1 is 1.42 bits per heavy atom. The van der Waals surface area contributed by atoms with Crippen LogP contribution >= 0.6 is 0 Å². The number of carboxylic acids is 1. The van der Waals surface area contributed by atoms with Gasteiger partial charge in [0.25, 0.3) is 0 Å². The Morgan fingerprint density at radius 2 is 2.16 bits per heavy atom. The van der Waals surface area contributed by atoms with E-state index in [9.17, 15) is 9.90 Å². The monoisotopic (exact) mass is 262 g/mol. The SMILES string of the molecule is Cc1cc(NC2CCC(C)CC2C)c(C(=O)O)cn1. The van der Waals surface area contributed by atoms with E-state index in [4.69, 9.17) is 0 Å². The van der Waals surface area contributed by atoms with E-state index in [-0.39, 0.29) is 5.56 Å². The van der Waals surface area contributed by atoms with Crippen LogP contribution in [0, 0.1) is 18.8 Å². The molecule has 0 aromatic carbocycles. The first-order valence-electron chi connectivity index (χ1n) is 6.94. The number of carbonyl (C=O) groups is 1. The Labute approximate surface area is 114 Å². The molecular weight excluding hydrogens is 240 g/mol. The molecule has 1 aromatic heterocycles. The molecule has 3 atom stereocenters. The van der Waals surface area contributed by atoms with Gasteiger partial charge in [-0.15, -0.1) is 0 Å². The van der Waals surface area contributed by atoms with Crippen molar-refractivity contribution in [1.29, 1.82) is 0 Å². The highest BCUT2D eigenvalue weighted by molar-refractivity contribution is 5.93. The van der Waals surface area contributed by atoms with E-state index in [0.29, 0.717) is 17.6 Å². The van der Waals surface area contributed by atoms with Crippen LogP contribution in [-0.2, 0) is 0 Å². The number of nitrogens with one attached hydrogen (secondary N) is 1. The van der Waals surface area contributed by atoms with Gasteiger partial charge in [-0.2, -0.15) is 0 Å². The maximum absolute atomic E-state index is 11.2. The predicted octanol–water partition coefficient (Wildman–Crippen LogP) is 3.32. The molecule has 2 rings (SSSR count). The Hall–Kier alpha value is -1.58. The first-order valence-corrected chi connectivity index (χ1v) is 6.94. The lowest BCUT2D eigenvalue weighted by Crippen LogP contribution is -2.33. The van der Waals surface area contributed by atoms with Crippen molar-refractivity contribution in [2.45, 2.75) is 46.1 Å². The van der Waals surface area contributed by atoms with Crippen LogP contribution in [-0.4, -0.2) is 22.1 Å². The number of aromatic nitrogens is 1. The number of rotatable bonds is 3. The summed E-state index contributed by atoms with van der Waals surface area (Å²) >= 11 is 0. The third-order valence-corrected chi connectivity index (χ3v) is 4.04. The van der Waals surface area contributed by atoms with Gasteiger partial charge in [-0.1, -0.05) is 13.8 Å². The Kier molecular flexibility index (Phi) is 4.08. The number of nitrogens with zero attached hydrogens (tertiary/aromatic N) is 1. The minimum atomic E-state index is -0.924. The van der Waals surface area contributed by atoms with Crippen molar-refractivity contribution in [2.75, 3.05) is 5.32 Å². The lowest BCUT2D eigenvalue weighted by Gasteiger charge is -2.34. The standard InChI is InChI=1S/C15H22N2O2/c1-9-4-5-13(10(2)6-9)17-14-7-11(3)16-8-12(14)15(18)19/h7-10,13H,4-6H2,1-3H3,(H,16,17)(H,18,19). The van der Waals surface area contributed by atoms with E-state index in [0.717, 1.165) is 18.0 Å². The number of hydrogen-bond acceptors (Lipinski definition) is 3. The van der Waals surface area contributed by atoms with Crippen LogP contribution < -0.4 is 5.32 Å². The van der Waals surface area contributed by atoms with Gasteiger partial charge in [0.2, 0.25) is 0 Å². The van der Waals surface area contributed by atoms with Crippen LogP contribution in [0.4, 0.5) is 5.69 Å². The maximum Gasteiger partial charge on any atom is 0.339 e. The van der Waals surface area contributed by atoms with Gasteiger partial charge in [0.15, 0.2) is 0 Å². The second-order valence-electron chi connectivity index (χ2n) is 5.82. The number of anilines is 1. The van der Waals surface area contributed by atoms with Crippen molar-refractivity contribution in [2.24, 2.45) is 11.8 Å². The lowest BCUT2D eigenvalue weighted by atomic mass is 9.80. The fourth-order valence-electron chi connectivity index (χ4n) is 2.93. The largest absolute Gasteiger partial charge is 0.478 e. The minimum Gasteiger partial charge on any atom is -0.478 e. The van der Waals surface area contributed by atoms with Crippen LogP contribution in [0.15, 0.2) is 12.3 Å². The molecule has 1 aromatic rings. The van der Waals surface area contributed by atoms with Crippen LogP contribution in [0.3, 0.4) is 0 Å². The van der Waals surface area contributed by atoms with E-state index in [1.54, 1.807) is 0 Å². The molecule has 0 bridgehead atoms. The fourth-order valence-corrected chi connectivity index (χ4v) is 2.93. The summed E-state index contributed by atoms with van der Waals surface area (Å²) < 4.78 is 0. The van der Waals surface area contributed by atoms with Gasteiger partial charge in [0, 0.05) is 17.9 Å². The molecular formula is C15H22N2O2. The van der Waals surface area contributed by atoms with Crippen molar-refractivity contribution < 1.29 is 9.90 Å². The van der Waals surface area contributed by atoms with Crippen LogP contribution in [0.2, 0.25) is 0 Å². The van der Waals surface area contributed by atoms with Crippen LogP contribution in [0.1, 0.15) is 49.2 Å². The Balaban J connectivity index is 2.18. The summed E-state index contributed by atoms with van der Waals surface area (Å²) in [5.74, 6) is 0.414. The third-order valence-electron chi connectivity index (χ3n) is 4.04. The summed E-state index contributed by atoms with van der Waals surface area (Å²) in [7, 11) is 0. The van der Waals surface area contributed by atoms with E-state index in [1.807, 2.05) is 13.0 Å². The summed E-state index contributed by atoms with van der Waals surface area (Å²) in [6.07, 6.45) is 4.94. The zero-order valence-corrected chi connectivity index (χ0v) is 11.8. The molecule has 0 saturated heterocycles. The van der Waals surface area contributed by atoms with Gasteiger partial charge >= 0.3 is 5.97 Å². The van der Waals surface area contributed by atoms with Crippen molar-refractivity contribution >= 4 is 11.7 Å². The molecule has 1 saturated carbocycles. The molecule has 2 N–H and O–H groups in total. The summed E-state index contributed by atoms with van der Waals surface area (Å²) in [4.78, 5) is 15.3. The van der Waals surface area contributed by atoms with Crippen LogP contribution in [0.25, 0.3) is 0 Å². The molecule has 1 aliphatic carbocycles. The van der Waals surface area contributed by atoms with Gasteiger partial charge in [-0.3, -0.25) is 4.98 Å². The summed E-state index contributed by atoms with van der Waals surface area (Å²) in [6.45, 7) is 6.40. The van der Waals surface area contributed by atoms with Crippen molar-refractivity contribution in [3.8, 4) is 0 Å². The van der Waals surface area contributed by atoms with Gasteiger partial charge in [-0.25, -0.2) is 4.79 Å². The molecule has 0 spiro atoms. The van der Waals surface area contributed by atoms with Crippen LogP contribution in [0.5, 0.6) is 0 Å². The summed E-state index contributed by atoms with van der Waals surface area (Å²) in [5.41, 5.74) is 1.80. The second-order valence-corrected chi connectivity index (χ2v) is 5.82. The van der Waals surface area contributed by atoms with Crippen molar-refractivity contribution in [1.82, 2.24) is 4.98 Å². The molecule has 0 aliphatic heterocycles. The number of carboxylic acid groups (broad SMARTS) is 1. The molecule has 4 heteroatoms. The van der Waals surface area contributed by atoms with Gasteiger partial charge < -0.3 is 10.4 Å². The average molecular weight is 262 g/mol. The minimum absolute atomic E-state index is 0.261. The topological polar surface area (TPSA) is 62.2 Å². The third kappa shape index (κ3) is 3.25. The molecule has 4 nitrogen and oxygen atoms in total. The molecule has 1 heterocycles. The smallest absolute Gasteiger partial charge is 0.339 e. The number of aromatic carboxylic acids is 1. The first-order chi connectivity index (χ1) is 8.97. The molecule has 19 heavy (non-hydrogen) atoms. The maximum atomic E-state index is 11.2. The van der Waals surface area contributed by atoms with E-state index in [1.165, 1.54) is 19.0 Å². The van der Waals surface area contributed by atoms with Crippen molar-refractivity contribution in [3.63, 3.8) is 0 Å². The molecule has 1 fully saturated rings. The molecule has 104 valence electrons. The predicted molar refractivity (Wildman–Crippen MR) is 75.5 cm³/mol. The molecule has 3 unspecified atom stereocenters. The van der Waals surface area contributed by atoms with Crippen molar-refractivity contribution in [3.05, 3.63) is 23.5 Å². The summed E-state index contributed by atoms with van der Waals surface area (Å²) in [5, 5.41) is 12.6. The fraction of sp³-hybridized carbons (Fsp3) is 0.600. The Bertz CT molecular complexity index is 473. The molecule has 1 aliphatic rings. The highest BCUT2D eigenvalue weighted by atomic mass is 16.4. The normalized spacial score (nSPS) is 27.0. The highest BCUT2D eigenvalue weighted by Crippen LogP contribution is 2.31. The summed E-state index contributed by atoms with van der Waals surface area (Å²) in [6, 6.07) is 2.19. The van der Waals surface area contributed by atoms with Gasteiger partial charge in [-0.05, 0) is 44.1 Å². The van der Waals surface area contributed by atoms with Gasteiger partial charge in [0.1, 0.15) is 5.56 Å². The second kappa shape index (κ2) is 5.59. The van der Waals surface area contributed by atoms with E-state index < -0.39 is 5.97 Å². The first kappa shape index (κ1) is 13.8. The number of pyridine rings is 1. The van der Waals surface area contributed by atoms with E-state index >= 15 is 0 Å². The number of hydrogen-bond donors (Lipinski definition) is 2. The average Bonchev–Trinajstić information content (AvgIpc) is 2.32. The zero-order chi connectivity index (χ0) is 14.0. The Morgan fingerprint density at radius 3 is 2.79 bits per heavy atom. The zero-order valence-electron chi connectivity index (χ0n) is 11.8. The molecule has 0 amide bonds. The lowest BCUT2D eigenvalue weighted by molar-refractivity contribution is 0.0697.